The molecule has 2 N–H and O–H groups in total. The molecule has 0 amide bonds. The van der Waals surface area contributed by atoms with Gasteiger partial charge in [0.2, 0.25) is 0 Å². The minimum Gasteiger partial charge on any atom is -0.493 e. The van der Waals surface area contributed by atoms with Gasteiger partial charge in [0.25, 0.3) is 0 Å². The predicted molar refractivity (Wildman–Crippen MR) is 75.8 cm³/mol. The smallest absolute Gasteiger partial charge is 0.129 e. The molecule has 1 aliphatic rings. The first kappa shape index (κ1) is 12.6. The van der Waals surface area contributed by atoms with E-state index in [-0.39, 0.29) is 5.82 Å². The van der Waals surface area contributed by atoms with Crippen molar-refractivity contribution in [3.63, 3.8) is 0 Å². The van der Waals surface area contributed by atoms with Crippen LogP contribution in [0.1, 0.15) is 22.7 Å². The Kier molecular flexibility index (Phi) is 3.29. The molecule has 0 fully saturated rings. The Bertz CT molecular complexity index is 609. The fourth-order valence-electron chi connectivity index (χ4n) is 2.45. The summed E-state index contributed by atoms with van der Waals surface area (Å²) in [6, 6.07) is 10.2. The average molecular weight is 322 g/mol. The van der Waals surface area contributed by atoms with Gasteiger partial charge in [-0.15, -0.1) is 0 Å². The molecular weight excluding hydrogens is 309 g/mol. The lowest BCUT2D eigenvalue weighted by Gasteiger charge is -2.17. The first-order valence-corrected chi connectivity index (χ1v) is 6.92. The van der Waals surface area contributed by atoms with Crippen LogP contribution in [-0.2, 0) is 6.42 Å². The van der Waals surface area contributed by atoms with Crippen molar-refractivity contribution in [1.29, 1.82) is 0 Å². The van der Waals surface area contributed by atoms with Gasteiger partial charge in [0.05, 0.1) is 12.6 Å². The van der Waals surface area contributed by atoms with Crippen molar-refractivity contribution in [3.8, 4) is 5.75 Å². The number of hydrogen-bond acceptors (Lipinski definition) is 2. The molecule has 1 aliphatic heterocycles. The van der Waals surface area contributed by atoms with Crippen LogP contribution in [0.2, 0.25) is 0 Å². The van der Waals surface area contributed by atoms with Gasteiger partial charge < -0.3 is 10.5 Å². The Balaban J connectivity index is 2.10. The molecule has 2 nitrogen and oxygen atoms in total. The highest BCUT2D eigenvalue weighted by atomic mass is 79.9. The monoisotopic (exact) mass is 321 g/mol. The Morgan fingerprint density at radius 1 is 1.21 bits per heavy atom. The molecule has 4 heteroatoms. The molecule has 1 unspecified atom stereocenters. The van der Waals surface area contributed by atoms with Crippen molar-refractivity contribution in [2.45, 2.75) is 12.5 Å². The van der Waals surface area contributed by atoms with Crippen LogP contribution in [0.3, 0.4) is 0 Å². The third-order valence-electron chi connectivity index (χ3n) is 3.39. The normalized spacial score (nSPS) is 14.9. The highest BCUT2D eigenvalue weighted by Crippen LogP contribution is 2.37. The van der Waals surface area contributed by atoms with Gasteiger partial charge in [-0.05, 0) is 17.7 Å². The summed E-state index contributed by atoms with van der Waals surface area (Å²) in [6.45, 7) is 0.664. The van der Waals surface area contributed by atoms with E-state index in [4.69, 9.17) is 10.5 Å². The molecule has 2 aromatic carbocycles. The number of benzene rings is 2. The first-order valence-electron chi connectivity index (χ1n) is 6.12. The van der Waals surface area contributed by atoms with Crippen molar-refractivity contribution >= 4 is 15.9 Å². The molecule has 0 radical (unpaired) electrons. The van der Waals surface area contributed by atoms with E-state index in [9.17, 15) is 4.39 Å². The predicted octanol–water partition coefficient (Wildman–Crippen LogP) is 3.57. The maximum absolute atomic E-state index is 14.0. The third kappa shape index (κ3) is 2.15. The molecule has 0 spiro atoms. The maximum Gasteiger partial charge on any atom is 0.129 e. The minimum atomic E-state index is -0.538. The molecule has 19 heavy (non-hydrogen) atoms. The van der Waals surface area contributed by atoms with E-state index in [1.807, 2.05) is 18.2 Å². The third-order valence-corrected chi connectivity index (χ3v) is 4.08. The summed E-state index contributed by atoms with van der Waals surface area (Å²) in [5.41, 5.74) is 8.68. The van der Waals surface area contributed by atoms with E-state index in [2.05, 4.69) is 15.9 Å². The molecule has 2 aromatic rings. The minimum absolute atomic E-state index is 0.308. The van der Waals surface area contributed by atoms with Crippen molar-refractivity contribution in [2.24, 2.45) is 5.73 Å². The van der Waals surface area contributed by atoms with E-state index in [0.29, 0.717) is 16.6 Å². The Morgan fingerprint density at radius 3 is 2.79 bits per heavy atom. The van der Waals surface area contributed by atoms with Crippen LogP contribution < -0.4 is 10.5 Å². The summed E-state index contributed by atoms with van der Waals surface area (Å²) in [5.74, 6) is 0.502. The fraction of sp³-hybridized carbons (Fsp3) is 0.200. The second-order valence-corrected chi connectivity index (χ2v) is 5.40. The van der Waals surface area contributed by atoms with Crippen molar-refractivity contribution in [2.75, 3.05) is 6.61 Å². The van der Waals surface area contributed by atoms with Crippen molar-refractivity contribution in [3.05, 3.63) is 63.4 Å². The molecule has 1 atom stereocenters. The van der Waals surface area contributed by atoms with E-state index >= 15 is 0 Å². The van der Waals surface area contributed by atoms with Crippen molar-refractivity contribution < 1.29 is 9.13 Å². The molecule has 98 valence electrons. The zero-order valence-corrected chi connectivity index (χ0v) is 11.8. The number of nitrogens with two attached hydrogens (primary N) is 1. The van der Waals surface area contributed by atoms with Gasteiger partial charge in [0.1, 0.15) is 11.6 Å². The van der Waals surface area contributed by atoms with Gasteiger partial charge in [0, 0.05) is 22.0 Å². The van der Waals surface area contributed by atoms with Gasteiger partial charge in [-0.2, -0.15) is 0 Å². The van der Waals surface area contributed by atoms with Gasteiger partial charge in [-0.3, -0.25) is 0 Å². The standard InChI is InChI=1S/C15H13BrFNO/c16-11-5-2-6-12(17)13(11)14(18)10-4-1-3-9-7-8-19-15(9)10/h1-6,14H,7-8,18H2. The SMILES string of the molecule is NC(c1cccc2c1OCC2)c1c(F)cccc1Br. The summed E-state index contributed by atoms with van der Waals surface area (Å²) in [7, 11) is 0. The molecular formula is C15H13BrFNO. The van der Waals surface area contributed by atoms with Gasteiger partial charge in [0.15, 0.2) is 0 Å². The van der Waals surface area contributed by atoms with Crippen LogP contribution in [0.4, 0.5) is 4.39 Å². The average Bonchev–Trinajstić information content (AvgIpc) is 2.86. The first-order chi connectivity index (χ1) is 9.18. The quantitative estimate of drug-likeness (QED) is 0.917. The highest BCUT2D eigenvalue weighted by Gasteiger charge is 2.24. The van der Waals surface area contributed by atoms with Crippen LogP contribution in [-0.4, -0.2) is 6.61 Å². The zero-order chi connectivity index (χ0) is 13.4. The van der Waals surface area contributed by atoms with Gasteiger partial charge in [-0.1, -0.05) is 40.2 Å². The topological polar surface area (TPSA) is 35.2 Å². The van der Waals surface area contributed by atoms with Gasteiger partial charge >= 0.3 is 0 Å². The molecule has 0 saturated carbocycles. The zero-order valence-electron chi connectivity index (χ0n) is 10.2. The van der Waals surface area contributed by atoms with E-state index < -0.39 is 6.04 Å². The second-order valence-electron chi connectivity index (χ2n) is 4.55. The molecule has 3 rings (SSSR count). The molecule has 0 bridgehead atoms. The summed E-state index contributed by atoms with van der Waals surface area (Å²) in [4.78, 5) is 0. The van der Waals surface area contributed by atoms with Crippen LogP contribution in [0, 0.1) is 5.82 Å². The number of ether oxygens (including phenoxy) is 1. The number of fused-ring (bicyclic) bond motifs is 1. The fourth-order valence-corrected chi connectivity index (χ4v) is 3.04. The second kappa shape index (κ2) is 4.94. The molecule has 1 heterocycles. The molecule has 0 aromatic heterocycles. The summed E-state index contributed by atoms with van der Waals surface area (Å²) < 4.78 is 20.3. The largest absolute Gasteiger partial charge is 0.493 e. The summed E-state index contributed by atoms with van der Waals surface area (Å²) in [5, 5.41) is 0. The maximum atomic E-state index is 14.0. The number of rotatable bonds is 2. The summed E-state index contributed by atoms with van der Waals surface area (Å²) in [6.07, 6.45) is 0.883. The molecule has 0 aliphatic carbocycles. The number of halogens is 2. The van der Waals surface area contributed by atoms with Gasteiger partial charge in [-0.25, -0.2) is 4.39 Å². The number of hydrogen-bond donors (Lipinski definition) is 1. The van der Waals surface area contributed by atoms with Crippen LogP contribution in [0.15, 0.2) is 40.9 Å². The lowest BCUT2D eigenvalue weighted by atomic mass is 9.96. The van der Waals surface area contributed by atoms with E-state index in [0.717, 1.165) is 23.3 Å². The van der Waals surface area contributed by atoms with E-state index in [1.165, 1.54) is 6.07 Å². The number of para-hydroxylation sites is 1. The Morgan fingerprint density at radius 2 is 2.00 bits per heavy atom. The van der Waals surface area contributed by atoms with Crippen LogP contribution in [0.5, 0.6) is 5.75 Å². The highest BCUT2D eigenvalue weighted by molar-refractivity contribution is 9.10. The van der Waals surface area contributed by atoms with Crippen LogP contribution >= 0.6 is 15.9 Å². The Hall–Kier alpha value is -1.39. The van der Waals surface area contributed by atoms with E-state index in [1.54, 1.807) is 12.1 Å². The Labute approximate surface area is 119 Å². The lowest BCUT2D eigenvalue weighted by Crippen LogP contribution is -2.15. The lowest BCUT2D eigenvalue weighted by molar-refractivity contribution is 0.352. The summed E-state index contributed by atoms with van der Waals surface area (Å²) >= 11 is 3.36. The molecule has 0 saturated heterocycles. The van der Waals surface area contributed by atoms with Crippen molar-refractivity contribution in [1.82, 2.24) is 0 Å². The van der Waals surface area contributed by atoms with Crippen LogP contribution in [0.25, 0.3) is 0 Å².